The smallest absolute Gasteiger partial charge is 0.335 e. The van der Waals surface area contributed by atoms with Crippen LogP contribution in [0.1, 0.15) is 74.1 Å². The predicted octanol–water partition coefficient (Wildman–Crippen LogP) is 4.36. The van der Waals surface area contributed by atoms with Gasteiger partial charge in [0, 0.05) is 12.0 Å². The number of aromatic nitrogens is 2. The van der Waals surface area contributed by atoms with Gasteiger partial charge in [0.15, 0.2) is 0 Å². The number of imidazole rings is 1. The Hall–Kier alpha value is -1.84. The first-order valence-corrected chi connectivity index (χ1v) is 7.90. The first-order chi connectivity index (χ1) is 10.2. The zero-order chi connectivity index (χ0) is 15.0. The maximum Gasteiger partial charge on any atom is 0.335 e. The van der Waals surface area contributed by atoms with Crippen LogP contribution in [0.15, 0.2) is 18.2 Å². The molecule has 1 aromatic carbocycles. The van der Waals surface area contributed by atoms with Crippen LogP contribution in [0.5, 0.6) is 0 Å². The number of hydrogen-bond acceptors (Lipinski definition) is 2. The Bertz CT molecular complexity index is 671. The fraction of sp³-hybridized carbons (Fsp3) is 0.529. The largest absolute Gasteiger partial charge is 0.478 e. The minimum Gasteiger partial charge on any atom is -0.478 e. The van der Waals surface area contributed by atoms with Crippen molar-refractivity contribution in [3.05, 3.63) is 29.6 Å². The number of fused-ring (bicyclic) bond motifs is 1. The topological polar surface area (TPSA) is 55.1 Å². The van der Waals surface area contributed by atoms with Gasteiger partial charge in [0.25, 0.3) is 0 Å². The molecule has 0 saturated heterocycles. The van der Waals surface area contributed by atoms with Gasteiger partial charge in [-0.25, -0.2) is 9.78 Å². The lowest BCUT2D eigenvalue weighted by atomic mass is 10.1. The molecule has 21 heavy (non-hydrogen) atoms. The van der Waals surface area contributed by atoms with Crippen LogP contribution in [0, 0.1) is 0 Å². The van der Waals surface area contributed by atoms with E-state index in [0.29, 0.717) is 17.5 Å². The molecule has 112 valence electrons. The summed E-state index contributed by atoms with van der Waals surface area (Å²) in [5.41, 5.74) is 2.26. The summed E-state index contributed by atoms with van der Waals surface area (Å²) in [7, 11) is 0. The summed E-state index contributed by atoms with van der Waals surface area (Å²) in [5, 5.41) is 9.23. The molecule has 0 aliphatic heterocycles. The Balaban J connectivity index is 2.18. The summed E-state index contributed by atoms with van der Waals surface area (Å²) in [4.78, 5) is 16.0. The number of carboxylic acid groups (broad SMARTS) is 1. The molecule has 0 spiro atoms. The van der Waals surface area contributed by atoms with Crippen LogP contribution in [0.2, 0.25) is 0 Å². The molecule has 0 amide bonds. The number of benzene rings is 1. The summed E-state index contributed by atoms with van der Waals surface area (Å²) in [5.74, 6) is 0.852. The van der Waals surface area contributed by atoms with Gasteiger partial charge < -0.3 is 9.67 Å². The second-order valence-corrected chi connectivity index (χ2v) is 5.97. The van der Waals surface area contributed by atoms with Gasteiger partial charge in [-0.05, 0) is 43.9 Å². The van der Waals surface area contributed by atoms with E-state index in [1.54, 1.807) is 12.1 Å². The Morgan fingerprint density at radius 2 is 2.19 bits per heavy atom. The summed E-state index contributed by atoms with van der Waals surface area (Å²) in [6, 6.07) is 5.70. The van der Waals surface area contributed by atoms with Gasteiger partial charge in [0.1, 0.15) is 5.82 Å². The molecule has 1 aliphatic carbocycles. The van der Waals surface area contributed by atoms with Gasteiger partial charge in [-0.1, -0.05) is 20.3 Å². The average molecular weight is 286 g/mol. The van der Waals surface area contributed by atoms with E-state index in [9.17, 15) is 9.90 Å². The van der Waals surface area contributed by atoms with Crippen molar-refractivity contribution in [3.8, 4) is 0 Å². The van der Waals surface area contributed by atoms with E-state index in [-0.39, 0.29) is 0 Å². The number of nitrogens with zero attached hydrogens (tertiary/aromatic N) is 2. The van der Waals surface area contributed by atoms with Crippen LogP contribution in [0.3, 0.4) is 0 Å². The first-order valence-electron chi connectivity index (χ1n) is 7.90. The molecule has 1 N–H and O–H groups in total. The summed E-state index contributed by atoms with van der Waals surface area (Å²) >= 11 is 0. The Morgan fingerprint density at radius 3 is 2.76 bits per heavy atom. The molecule has 4 heteroatoms. The highest BCUT2D eigenvalue weighted by molar-refractivity contribution is 5.92. The minimum absolute atomic E-state index is 0.345. The van der Waals surface area contributed by atoms with Gasteiger partial charge in [-0.15, -0.1) is 0 Å². The van der Waals surface area contributed by atoms with Crippen molar-refractivity contribution >= 4 is 17.0 Å². The number of carboxylic acids is 1. The van der Waals surface area contributed by atoms with Crippen molar-refractivity contribution < 1.29 is 9.90 Å². The van der Waals surface area contributed by atoms with Crippen LogP contribution in [0.4, 0.5) is 0 Å². The van der Waals surface area contributed by atoms with Gasteiger partial charge in [0.05, 0.1) is 16.6 Å². The van der Waals surface area contributed by atoms with Gasteiger partial charge in [-0.2, -0.15) is 0 Å². The molecule has 4 nitrogen and oxygen atoms in total. The number of carbonyl (C=O) groups is 1. The number of hydrogen-bond donors (Lipinski definition) is 1. The van der Waals surface area contributed by atoms with Crippen molar-refractivity contribution in [2.45, 2.75) is 57.9 Å². The summed E-state index contributed by atoms with van der Waals surface area (Å²) in [6.07, 6.45) is 5.70. The monoisotopic (exact) mass is 286 g/mol. The number of rotatable bonds is 6. The van der Waals surface area contributed by atoms with Gasteiger partial charge in [0.2, 0.25) is 0 Å². The summed E-state index contributed by atoms with van der Waals surface area (Å²) in [6.45, 7) is 4.39. The molecule has 0 bridgehead atoms. The highest BCUT2D eigenvalue weighted by Gasteiger charge is 2.31. The molecule has 1 aliphatic rings. The Morgan fingerprint density at radius 1 is 1.43 bits per heavy atom. The third kappa shape index (κ3) is 2.55. The van der Waals surface area contributed by atoms with Crippen LogP contribution in [-0.4, -0.2) is 20.6 Å². The van der Waals surface area contributed by atoms with Crippen LogP contribution >= 0.6 is 0 Å². The molecule has 1 unspecified atom stereocenters. The van der Waals surface area contributed by atoms with Gasteiger partial charge >= 0.3 is 5.97 Å². The Kier molecular flexibility index (Phi) is 3.70. The van der Waals surface area contributed by atoms with Crippen molar-refractivity contribution in [1.29, 1.82) is 0 Å². The lowest BCUT2D eigenvalue weighted by Crippen LogP contribution is -2.11. The normalized spacial score (nSPS) is 16.3. The first kappa shape index (κ1) is 14.1. The zero-order valence-electron chi connectivity index (χ0n) is 12.7. The lowest BCUT2D eigenvalue weighted by molar-refractivity contribution is 0.0697. The van der Waals surface area contributed by atoms with Crippen molar-refractivity contribution in [3.63, 3.8) is 0 Å². The van der Waals surface area contributed by atoms with E-state index in [1.807, 2.05) is 6.07 Å². The van der Waals surface area contributed by atoms with Crippen molar-refractivity contribution in [2.75, 3.05) is 0 Å². The molecular formula is C17H22N2O2. The van der Waals surface area contributed by atoms with Crippen molar-refractivity contribution in [1.82, 2.24) is 9.55 Å². The van der Waals surface area contributed by atoms with E-state index >= 15 is 0 Å². The maximum absolute atomic E-state index is 11.2. The second-order valence-electron chi connectivity index (χ2n) is 5.97. The second kappa shape index (κ2) is 5.51. The minimum atomic E-state index is -0.874. The fourth-order valence-electron chi connectivity index (χ4n) is 3.11. The molecule has 1 heterocycles. The maximum atomic E-state index is 11.2. The molecule has 1 aromatic heterocycles. The lowest BCUT2D eigenvalue weighted by Gasteiger charge is -2.20. The SMILES string of the molecule is CCCC(CC)n1c(C2CC2)nc2ccc(C(=O)O)cc21. The Labute approximate surface area is 124 Å². The van der Waals surface area contributed by atoms with Gasteiger partial charge in [-0.3, -0.25) is 0 Å². The predicted molar refractivity (Wildman–Crippen MR) is 82.9 cm³/mol. The highest BCUT2D eigenvalue weighted by Crippen LogP contribution is 2.42. The third-order valence-corrected chi connectivity index (χ3v) is 4.36. The zero-order valence-corrected chi connectivity index (χ0v) is 12.7. The molecular weight excluding hydrogens is 264 g/mol. The third-order valence-electron chi connectivity index (χ3n) is 4.36. The molecule has 1 fully saturated rings. The molecule has 3 rings (SSSR count). The van der Waals surface area contributed by atoms with E-state index in [4.69, 9.17) is 4.98 Å². The van der Waals surface area contributed by atoms with Crippen LogP contribution in [0.25, 0.3) is 11.0 Å². The average Bonchev–Trinajstić information content (AvgIpc) is 3.25. The van der Waals surface area contributed by atoms with E-state index < -0.39 is 5.97 Å². The van der Waals surface area contributed by atoms with E-state index in [1.165, 1.54) is 12.8 Å². The number of aromatic carboxylic acids is 1. The van der Waals surface area contributed by atoms with Crippen molar-refractivity contribution in [2.24, 2.45) is 0 Å². The molecule has 1 atom stereocenters. The molecule has 1 saturated carbocycles. The summed E-state index contributed by atoms with van der Waals surface area (Å²) < 4.78 is 2.32. The highest BCUT2D eigenvalue weighted by atomic mass is 16.4. The standard InChI is InChI=1S/C17H22N2O2/c1-3-5-13(4-2)19-15-10-12(17(20)21)8-9-14(15)18-16(19)11-6-7-11/h8-11,13H,3-7H2,1-2H3,(H,20,21). The fourth-order valence-corrected chi connectivity index (χ4v) is 3.11. The van der Waals surface area contributed by atoms with E-state index in [0.717, 1.165) is 36.1 Å². The quantitative estimate of drug-likeness (QED) is 0.858. The molecule has 2 aromatic rings. The molecule has 0 radical (unpaired) electrons. The van der Waals surface area contributed by atoms with E-state index in [2.05, 4.69) is 18.4 Å². The van der Waals surface area contributed by atoms with Crippen LogP contribution in [-0.2, 0) is 0 Å². The van der Waals surface area contributed by atoms with Crippen LogP contribution < -0.4 is 0 Å².